The van der Waals surface area contributed by atoms with E-state index in [9.17, 15) is 4.79 Å². The van der Waals surface area contributed by atoms with Crippen LogP contribution in [0.5, 0.6) is 0 Å². The number of hydrogen-bond donors (Lipinski definition) is 1. The third-order valence-electron chi connectivity index (χ3n) is 1.26. The second-order valence-electron chi connectivity index (χ2n) is 2.11. The molecule has 0 fully saturated rings. The maximum atomic E-state index is 10.8. The van der Waals surface area contributed by atoms with Crippen molar-refractivity contribution in [2.45, 2.75) is 20.0 Å². The molecule has 0 aliphatic heterocycles. The van der Waals surface area contributed by atoms with Crippen LogP contribution >= 0.6 is 0 Å². The lowest BCUT2D eigenvalue weighted by Crippen LogP contribution is -2.26. The van der Waals surface area contributed by atoms with Crippen molar-refractivity contribution >= 4 is 5.97 Å². The smallest absolute Gasteiger partial charge is 0.312 e. The van der Waals surface area contributed by atoms with E-state index in [0.29, 0.717) is 0 Å². The van der Waals surface area contributed by atoms with Crippen LogP contribution in [-0.2, 0) is 9.53 Å². The van der Waals surface area contributed by atoms with Gasteiger partial charge in [-0.2, -0.15) is 5.26 Å². The number of hydrogen-bond acceptors (Lipinski definition) is 4. The molecule has 0 saturated carbocycles. The summed E-state index contributed by atoms with van der Waals surface area (Å²) in [6.45, 7) is 3.39. The van der Waals surface area contributed by atoms with E-state index < -0.39 is 18.0 Å². The summed E-state index contributed by atoms with van der Waals surface area (Å²) in [5.41, 5.74) is 0. The Balaban J connectivity index is 3.93. The minimum Gasteiger partial charge on any atom is -0.466 e. The fourth-order valence-corrected chi connectivity index (χ4v) is 0.514. The lowest BCUT2D eigenvalue weighted by atomic mass is 10.1. The van der Waals surface area contributed by atoms with Gasteiger partial charge in [-0.3, -0.25) is 4.79 Å². The number of nitrogens with zero attached hydrogens (tertiary/aromatic N) is 1. The maximum Gasteiger partial charge on any atom is 0.312 e. The van der Waals surface area contributed by atoms with Crippen molar-refractivity contribution in [1.29, 1.82) is 5.26 Å². The van der Waals surface area contributed by atoms with E-state index in [1.54, 1.807) is 13.0 Å². The Morgan fingerprint density at radius 3 is 2.73 bits per heavy atom. The van der Waals surface area contributed by atoms with Gasteiger partial charge in [0.25, 0.3) is 0 Å². The van der Waals surface area contributed by atoms with E-state index >= 15 is 0 Å². The molecule has 0 spiro atoms. The zero-order chi connectivity index (χ0) is 8.85. The summed E-state index contributed by atoms with van der Waals surface area (Å²) in [5.74, 6) is -1.30. The molecule has 1 N–H and O–H groups in total. The zero-order valence-electron chi connectivity index (χ0n) is 6.57. The van der Waals surface area contributed by atoms with Gasteiger partial charge in [-0.25, -0.2) is 0 Å². The van der Waals surface area contributed by atoms with Gasteiger partial charge in [0.15, 0.2) is 6.10 Å². The summed E-state index contributed by atoms with van der Waals surface area (Å²) < 4.78 is 4.58. The highest BCUT2D eigenvalue weighted by atomic mass is 16.5. The first kappa shape index (κ1) is 9.92. The van der Waals surface area contributed by atoms with Crippen molar-refractivity contribution in [2.75, 3.05) is 6.61 Å². The normalized spacial score (nSPS) is 14.7. The standard InChI is InChI=1S/C7H11NO3/c1-3-11-7(10)5(2)6(9)4-8/h5-6,9H,3H2,1-2H3. The van der Waals surface area contributed by atoms with Crippen LogP contribution in [0.2, 0.25) is 0 Å². The first-order valence-corrected chi connectivity index (χ1v) is 3.37. The molecular formula is C7H11NO3. The number of carbonyl (C=O) groups excluding carboxylic acids is 1. The second-order valence-corrected chi connectivity index (χ2v) is 2.11. The lowest BCUT2D eigenvalue weighted by Gasteiger charge is -2.10. The quantitative estimate of drug-likeness (QED) is 0.465. The number of rotatable bonds is 3. The number of carbonyl (C=O) groups is 1. The first-order valence-electron chi connectivity index (χ1n) is 3.37. The molecule has 62 valence electrons. The number of nitriles is 1. The van der Waals surface area contributed by atoms with Crippen LogP contribution in [0, 0.1) is 17.2 Å². The molecule has 0 rings (SSSR count). The van der Waals surface area contributed by atoms with Gasteiger partial charge in [0.05, 0.1) is 18.6 Å². The molecule has 0 aliphatic rings. The summed E-state index contributed by atoms with van der Waals surface area (Å²) >= 11 is 0. The van der Waals surface area contributed by atoms with Crippen molar-refractivity contribution in [3.63, 3.8) is 0 Å². The Bertz CT molecular complexity index is 173. The SMILES string of the molecule is CCOC(=O)C(C)C(O)C#N. The van der Waals surface area contributed by atoms with Crippen molar-refractivity contribution in [1.82, 2.24) is 0 Å². The van der Waals surface area contributed by atoms with Crippen LogP contribution in [0.4, 0.5) is 0 Å². The van der Waals surface area contributed by atoms with Crippen LogP contribution in [-0.4, -0.2) is 23.8 Å². The van der Waals surface area contributed by atoms with Crippen LogP contribution in [0.1, 0.15) is 13.8 Å². The first-order chi connectivity index (χ1) is 5.13. The van der Waals surface area contributed by atoms with Crippen molar-refractivity contribution in [3.8, 4) is 6.07 Å². The van der Waals surface area contributed by atoms with Gasteiger partial charge in [-0.1, -0.05) is 0 Å². The summed E-state index contributed by atoms with van der Waals surface area (Å²) in [7, 11) is 0. The predicted octanol–water partition coefficient (Wildman–Crippen LogP) is 0.0701. The second kappa shape index (κ2) is 4.69. The Hall–Kier alpha value is -1.08. The molecule has 4 nitrogen and oxygen atoms in total. The van der Waals surface area contributed by atoms with Gasteiger partial charge in [-0.05, 0) is 13.8 Å². The van der Waals surface area contributed by atoms with Gasteiger partial charge in [0.1, 0.15) is 0 Å². The van der Waals surface area contributed by atoms with Gasteiger partial charge in [0, 0.05) is 0 Å². The average molecular weight is 157 g/mol. The molecule has 0 heterocycles. The van der Waals surface area contributed by atoms with E-state index in [4.69, 9.17) is 10.4 Å². The Labute approximate surface area is 65.4 Å². The fourth-order valence-electron chi connectivity index (χ4n) is 0.514. The van der Waals surface area contributed by atoms with E-state index in [0.717, 1.165) is 0 Å². The highest BCUT2D eigenvalue weighted by Crippen LogP contribution is 2.03. The highest BCUT2D eigenvalue weighted by Gasteiger charge is 2.22. The minimum absolute atomic E-state index is 0.265. The number of aliphatic hydroxyl groups excluding tert-OH is 1. The van der Waals surface area contributed by atoms with Crippen LogP contribution in [0.15, 0.2) is 0 Å². The largest absolute Gasteiger partial charge is 0.466 e. The van der Waals surface area contributed by atoms with Crippen molar-refractivity contribution in [3.05, 3.63) is 0 Å². The third-order valence-corrected chi connectivity index (χ3v) is 1.26. The molecule has 2 unspecified atom stereocenters. The molecule has 11 heavy (non-hydrogen) atoms. The van der Waals surface area contributed by atoms with E-state index in [-0.39, 0.29) is 6.61 Å². The number of esters is 1. The molecule has 0 aromatic heterocycles. The lowest BCUT2D eigenvalue weighted by molar-refractivity contribution is -0.149. The molecule has 0 aromatic carbocycles. The summed E-state index contributed by atoms with van der Waals surface area (Å²) in [5, 5.41) is 17.1. The minimum atomic E-state index is -1.27. The Morgan fingerprint density at radius 1 is 1.82 bits per heavy atom. The van der Waals surface area contributed by atoms with Gasteiger partial charge >= 0.3 is 5.97 Å². The molecule has 0 saturated heterocycles. The molecule has 0 aliphatic carbocycles. The van der Waals surface area contributed by atoms with Gasteiger partial charge < -0.3 is 9.84 Å². The van der Waals surface area contributed by atoms with E-state index in [1.807, 2.05) is 0 Å². The molecule has 0 amide bonds. The Morgan fingerprint density at radius 2 is 2.36 bits per heavy atom. The van der Waals surface area contributed by atoms with Crippen LogP contribution < -0.4 is 0 Å². The van der Waals surface area contributed by atoms with Gasteiger partial charge in [-0.15, -0.1) is 0 Å². The van der Waals surface area contributed by atoms with Crippen molar-refractivity contribution in [2.24, 2.45) is 5.92 Å². The predicted molar refractivity (Wildman–Crippen MR) is 37.4 cm³/mol. The van der Waals surface area contributed by atoms with Crippen LogP contribution in [0.3, 0.4) is 0 Å². The van der Waals surface area contributed by atoms with E-state index in [2.05, 4.69) is 4.74 Å². The molecular weight excluding hydrogens is 146 g/mol. The molecule has 4 heteroatoms. The van der Waals surface area contributed by atoms with E-state index in [1.165, 1.54) is 6.92 Å². The zero-order valence-corrected chi connectivity index (χ0v) is 6.57. The average Bonchev–Trinajstić information content (AvgIpc) is 2.02. The van der Waals surface area contributed by atoms with Gasteiger partial charge in [0.2, 0.25) is 0 Å². The highest BCUT2D eigenvalue weighted by molar-refractivity contribution is 5.73. The number of aliphatic hydroxyl groups is 1. The summed E-state index contributed by atoms with van der Waals surface area (Å²) in [4.78, 5) is 10.8. The molecule has 2 atom stereocenters. The van der Waals surface area contributed by atoms with Crippen LogP contribution in [0.25, 0.3) is 0 Å². The van der Waals surface area contributed by atoms with Crippen molar-refractivity contribution < 1.29 is 14.6 Å². The Kier molecular flexibility index (Phi) is 4.23. The summed E-state index contributed by atoms with van der Waals surface area (Å²) in [6.07, 6.45) is -1.27. The fraction of sp³-hybridized carbons (Fsp3) is 0.714. The molecule has 0 bridgehead atoms. The molecule has 0 radical (unpaired) electrons. The molecule has 0 aromatic rings. The monoisotopic (exact) mass is 157 g/mol. The number of ether oxygens (including phenoxy) is 1. The topological polar surface area (TPSA) is 70.3 Å². The maximum absolute atomic E-state index is 10.8. The third kappa shape index (κ3) is 3.01. The summed E-state index contributed by atoms with van der Waals surface area (Å²) in [6, 6.07) is 1.56.